The van der Waals surface area contributed by atoms with Crippen LogP contribution in [0.2, 0.25) is 0 Å². The van der Waals surface area contributed by atoms with Crippen molar-refractivity contribution in [3.63, 3.8) is 0 Å². The maximum atomic E-state index is 11.9. The quantitative estimate of drug-likeness (QED) is 0.760. The van der Waals surface area contributed by atoms with Gasteiger partial charge in [-0.2, -0.15) is 0 Å². The van der Waals surface area contributed by atoms with Crippen molar-refractivity contribution >= 4 is 43.5 Å². The van der Waals surface area contributed by atoms with E-state index in [4.69, 9.17) is 0 Å². The summed E-state index contributed by atoms with van der Waals surface area (Å²) in [5.74, 6) is -0.0339. The molecule has 2 rings (SSSR count). The summed E-state index contributed by atoms with van der Waals surface area (Å²) in [7, 11) is 0. The summed E-state index contributed by atoms with van der Waals surface area (Å²) in [6, 6.07) is 15.6. The summed E-state index contributed by atoms with van der Waals surface area (Å²) in [4.78, 5) is 11.9. The fourth-order valence-corrected chi connectivity index (χ4v) is 2.41. The number of benzene rings is 2. The van der Waals surface area contributed by atoms with E-state index in [-0.39, 0.29) is 18.5 Å². The number of hydrogen-bond donors (Lipinski definition) is 2. The maximum Gasteiger partial charge on any atom is 0.239 e. The molecule has 2 N–H and O–H groups in total. The summed E-state index contributed by atoms with van der Waals surface area (Å²) in [5.41, 5.74) is 2.00. The van der Waals surface area contributed by atoms with Crippen LogP contribution in [0.3, 0.4) is 0 Å². The summed E-state index contributed by atoms with van der Waals surface area (Å²) < 4.78 is 2.04. The monoisotopic (exact) mass is 410 g/mol. The Morgan fingerprint density at radius 3 is 2.10 bits per heavy atom. The smallest absolute Gasteiger partial charge is 0.239 e. The second-order valence-corrected chi connectivity index (χ2v) is 6.53. The summed E-state index contributed by atoms with van der Waals surface area (Å²) in [6.45, 7) is 2.23. The number of carbonyl (C=O) groups is 1. The predicted molar refractivity (Wildman–Crippen MR) is 93.3 cm³/mol. The molecule has 5 heteroatoms. The van der Waals surface area contributed by atoms with Crippen molar-refractivity contribution in [2.24, 2.45) is 0 Å². The van der Waals surface area contributed by atoms with Gasteiger partial charge in [-0.1, -0.05) is 44.0 Å². The molecule has 1 atom stereocenters. The van der Waals surface area contributed by atoms with Gasteiger partial charge in [-0.15, -0.1) is 0 Å². The largest absolute Gasteiger partial charge is 0.376 e. The number of halogens is 2. The lowest BCUT2D eigenvalue weighted by Gasteiger charge is -2.15. The normalized spacial score (nSPS) is 11.8. The van der Waals surface area contributed by atoms with Gasteiger partial charge in [0.15, 0.2) is 0 Å². The number of anilines is 1. The van der Waals surface area contributed by atoms with Crippen LogP contribution in [0.1, 0.15) is 18.5 Å². The molecule has 1 amide bonds. The van der Waals surface area contributed by atoms with Crippen molar-refractivity contribution in [3.05, 3.63) is 63.0 Å². The maximum absolute atomic E-state index is 11.9. The highest BCUT2D eigenvalue weighted by atomic mass is 79.9. The Labute approximate surface area is 141 Å². The molecule has 0 aromatic heterocycles. The minimum absolute atomic E-state index is 0.0164. The van der Waals surface area contributed by atoms with Crippen molar-refractivity contribution < 1.29 is 4.79 Å². The van der Waals surface area contributed by atoms with Crippen LogP contribution >= 0.6 is 31.9 Å². The number of rotatable bonds is 5. The highest BCUT2D eigenvalue weighted by molar-refractivity contribution is 9.10. The van der Waals surface area contributed by atoms with Gasteiger partial charge in [-0.25, -0.2) is 0 Å². The van der Waals surface area contributed by atoms with Gasteiger partial charge in [0.05, 0.1) is 12.6 Å². The van der Waals surface area contributed by atoms with Gasteiger partial charge in [-0.05, 0) is 48.9 Å². The molecule has 0 saturated carbocycles. The van der Waals surface area contributed by atoms with Crippen LogP contribution in [0.15, 0.2) is 57.5 Å². The molecule has 0 aliphatic heterocycles. The van der Waals surface area contributed by atoms with Gasteiger partial charge in [-0.3, -0.25) is 4.79 Å². The standard InChI is InChI=1S/C16H16Br2N2O/c1-11(12-2-4-13(17)5-3-12)20-16(21)10-19-15-8-6-14(18)7-9-15/h2-9,11,19H,10H2,1H3,(H,20,21)/t11-/m1/s1. The predicted octanol–water partition coefficient (Wildman–Crippen LogP) is 4.50. The molecule has 0 unspecified atom stereocenters. The fraction of sp³-hybridized carbons (Fsp3) is 0.188. The van der Waals surface area contributed by atoms with E-state index in [1.807, 2.05) is 55.5 Å². The van der Waals surface area contributed by atoms with Crippen LogP contribution in [-0.2, 0) is 4.79 Å². The van der Waals surface area contributed by atoms with E-state index < -0.39 is 0 Å². The minimum Gasteiger partial charge on any atom is -0.376 e. The molecule has 0 saturated heterocycles. The van der Waals surface area contributed by atoms with Gasteiger partial charge < -0.3 is 10.6 Å². The van der Waals surface area contributed by atoms with Crippen LogP contribution in [0.4, 0.5) is 5.69 Å². The van der Waals surface area contributed by atoms with Crippen LogP contribution < -0.4 is 10.6 Å². The molecule has 0 aliphatic carbocycles. The highest BCUT2D eigenvalue weighted by Crippen LogP contribution is 2.16. The van der Waals surface area contributed by atoms with E-state index in [0.29, 0.717) is 0 Å². The van der Waals surface area contributed by atoms with Crippen molar-refractivity contribution in [1.82, 2.24) is 5.32 Å². The SMILES string of the molecule is C[C@@H](NC(=O)CNc1ccc(Br)cc1)c1ccc(Br)cc1. The average molecular weight is 412 g/mol. The Morgan fingerprint density at radius 1 is 1.00 bits per heavy atom. The molecule has 0 spiro atoms. The molecule has 3 nitrogen and oxygen atoms in total. The van der Waals surface area contributed by atoms with Crippen molar-refractivity contribution in [3.8, 4) is 0 Å². The average Bonchev–Trinajstić information content (AvgIpc) is 2.47. The van der Waals surface area contributed by atoms with E-state index in [1.54, 1.807) is 0 Å². The number of carbonyl (C=O) groups excluding carboxylic acids is 1. The zero-order valence-corrected chi connectivity index (χ0v) is 14.7. The second-order valence-electron chi connectivity index (χ2n) is 4.70. The molecule has 0 radical (unpaired) electrons. The minimum atomic E-state index is -0.0339. The van der Waals surface area contributed by atoms with Crippen molar-refractivity contribution in [1.29, 1.82) is 0 Å². The topological polar surface area (TPSA) is 41.1 Å². The molecule has 0 bridgehead atoms. The molecular weight excluding hydrogens is 396 g/mol. The zero-order valence-electron chi connectivity index (χ0n) is 11.6. The number of hydrogen-bond acceptors (Lipinski definition) is 2. The van der Waals surface area contributed by atoms with Gasteiger partial charge in [0.25, 0.3) is 0 Å². The van der Waals surface area contributed by atoms with Gasteiger partial charge in [0.2, 0.25) is 5.91 Å². The Hall–Kier alpha value is -1.33. The van der Waals surface area contributed by atoms with E-state index in [9.17, 15) is 4.79 Å². The first-order valence-corrected chi connectivity index (χ1v) is 8.17. The van der Waals surface area contributed by atoms with Crippen molar-refractivity contribution in [2.75, 3.05) is 11.9 Å². The number of amides is 1. The molecular formula is C16H16Br2N2O. The van der Waals surface area contributed by atoms with E-state index >= 15 is 0 Å². The van der Waals surface area contributed by atoms with Crippen LogP contribution in [0.5, 0.6) is 0 Å². The zero-order chi connectivity index (χ0) is 15.2. The lowest BCUT2D eigenvalue weighted by molar-refractivity contribution is -0.120. The Morgan fingerprint density at radius 2 is 1.52 bits per heavy atom. The summed E-state index contributed by atoms with van der Waals surface area (Å²) in [5, 5.41) is 6.07. The molecule has 0 fully saturated rings. The third kappa shape index (κ3) is 5.17. The van der Waals surface area contributed by atoms with Crippen LogP contribution in [0.25, 0.3) is 0 Å². The molecule has 21 heavy (non-hydrogen) atoms. The summed E-state index contributed by atoms with van der Waals surface area (Å²) in [6.07, 6.45) is 0. The molecule has 0 heterocycles. The van der Waals surface area contributed by atoms with Gasteiger partial charge >= 0.3 is 0 Å². The molecule has 2 aromatic rings. The molecule has 110 valence electrons. The lowest BCUT2D eigenvalue weighted by Crippen LogP contribution is -2.32. The van der Waals surface area contributed by atoms with E-state index in [0.717, 1.165) is 20.2 Å². The summed E-state index contributed by atoms with van der Waals surface area (Å²) >= 11 is 6.78. The molecule has 2 aromatic carbocycles. The van der Waals surface area contributed by atoms with Gasteiger partial charge in [0.1, 0.15) is 0 Å². The molecule has 0 aliphatic rings. The van der Waals surface area contributed by atoms with E-state index in [1.165, 1.54) is 0 Å². The Bertz CT molecular complexity index is 597. The third-order valence-electron chi connectivity index (χ3n) is 3.04. The first-order valence-electron chi connectivity index (χ1n) is 6.59. The third-order valence-corrected chi connectivity index (χ3v) is 4.10. The Balaban J connectivity index is 1.83. The highest BCUT2D eigenvalue weighted by Gasteiger charge is 2.09. The van der Waals surface area contributed by atoms with Crippen molar-refractivity contribution in [2.45, 2.75) is 13.0 Å². The fourth-order valence-electron chi connectivity index (χ4n) is 1.88. The lowest BCUT2D eigenvalue weighted by atomic mass is 10.1. The van der Waals surface area contributed by atoms with E-state index in [2.05, 4.69) is 42.5 Å². The first kappa shape index (κ1) is 16.0. The van der Waals surface area contributed by atoms with Crippen LogP contribution in [0, 0.1) is 0 Å². The van der Waals surface area contributed by atoms with Crippen LogP contribution in [-0.4, -0.2) is 12.5 Å². The number of nitrogens with one attached hydrogen (secondary N) is 2. The van der Waals surface area contributed by atoms with Gasteiger partial charge in [0, 0.05) is 14.6 Å². The first-order chi connectivity index (χ1) is 10.0. The Kier molecular flexibility index (Phi) is 5.82. The second kappa shape index (κ2) is 7.61.